The lowest BCUT2D eigenvalue weighted by Crippen LogP contribution is -2.49. The molecule has 0 radical (unpaired) electrons. The molecule has 0 atom stereocenters. The van der Waals surface area contributed by atoms with E-state index in [1.165, 1.54) is 24.8 Å². The zero-order chi connectivity index (χ0) is 18.6. The Morgan fingerprint density at radius 1 is 0.815 bits per heavy atom. The summed E-state index contributed by atoms with van der Waals surface area (Å²) in [5.41, 5.74) is 1.94. The van der Waals surface area contributed by atoms with Gasteiger partial charge in [-0.1, -0.05) is 17.7 Å². The maximum absolute atomic E-state index is 12.7. The van der Waals surface area contributed by atoms with Gasteiger partial charge in [0.15, 0.2) is 0 Å². The summed E-state index contributed by atoms with van der Waals surface area (Å²) in [6.07, 6.45) is 5.45. The molecular weight excluding hydrogens is 338 g/mol. The third-order valence-electron chi connectivity index (χ3n) is 5.51. The van der Waals surface area contributed by atoms with Gasteiger partial charge in [0, 0.05) is 50.9 Å². The molecule has 0 unspecified atom stereocenters. The molecule has 142 valence electrons. The summed E-state index contributed by atoms with van der Waals surface area (Å²) in [4.78, 5) is 28.2. The molecule has 2 saturated heterocycles. The summed E-state index contributed by atoms with van der Waals surface area (Å²) >= 11 is 0. The minimum absolute atomic E-state index is 0.117. The van der Waals surface area contributed by atoms with Crippen molar-refractivity contribution >= 4 is 17.5 Å². The number of hydrogen-bond acceptors (Lipinski definition) is 5. The van der Waals surface area contributed by atoms with Gasteiger partial charge in [0.05, 0.1) is 0 Å². The maximum Gasteiger partial charge on any atom is 0.253 e. The predicted octanol–water partition coefficient (Wildman–Crippen LogP) is 2.74. The molecule has 0 spiro atoms. The minimum atomic E-state index is 0.117. The molecule has 1 aromatic carbocycles. The summed E-state index contributed by atoms with van der Waals surface area (Å²) in [6, 6.07) is 9.92. The van der Waals surface area contributed by atoms with E-state index in [9.17, 15) is 4.79 Å². The van der Waals surface area contributed by atoms with Crippen molar-refractivity contribution in [3.63, 3.8) is 0 Å². The van der Waals surface area contributed by atoms with Gasteiger partial charge in [-0.15, -0.1) is 0 Å². The van der Waals surface area contributed by atoms with E-state index >= 15 is 0 Å². The molecule has 2 aliphatic heterocycles. The number of nitrogens with zero attached hydrogens (tertiary/aromatic N) is 5. The van der Waals surface area contributed by atoms with Crippen LogP contribution in [0.2, 0.25) is 0 Å². The highest BCUT2D eigenvalue weighted by molar-refractivity contribution is 5.94. The maximum atomic E-state index is 12.7. The molecule has 2 aliphatic rings. The van der Waals surface area contributed by atoms with Crippen LogP contribution < -0.4 is 9.80 Å². The van der Waals surface area contributed by atoms with Crippen LogP contribution >= 0.6 is 0 Å². The van der Waals surface area contributed by atoms with Crippen molar-refractivity contribution in [2.24, 2.45) is 0 Å². The van der Waals surface area contributed by atoms with Gasteiger partial charge in [-0.25, -0.2) is 9.97 Å². The molecule has 0 N–H and O–H groups in total. The third kappa shape index (κ3) is 4.04. The normalized spacial score (nSPS) is 17.9. The Morgan fingerprint density at radius 2 is 1.41 bits per heavy atom. The highest BCUT2D eigenvalue weighted by Crippen LogP contribution is 2.22. The van der Waals surface area contributed by atoms with Gasteiger partial charge in [0.1, 0.15) is 18.0 Å². The number of amides is 1. The van der Waals surface area contributed by atoms with Crippen molar-refractivity contribution < 1.29 is 4.79 Å². The molecular formula is C21H27N5O. The second-order valence-corrected chi connectivity index (χ2v) is 7.43. The summed E-state index contributed by atoms with van der Waals surface area (Å²) in [5, 5.41) is 0. The average Bonchev–Trinajstić information content (AvgIpc) is 2.75. The topological polar surface area (TPSA) is 52.6 Å². The van der Waals surface area contributed by atoms with Crippen LogP contribution in [0.4, 0.5) is 11.6 Å². The fraction of sp³-hybridized carbons (Fsp3) is 0.476. The van der Waals surface area contributed by atoms with E-state index in [0.717, 1.165) is 56.5 Å². The summed E-state index contributed by atoms with van der Waals surface area (Å²) in [5.74, 6) is 2.11. The van der Waals surface area contributed by atoms with Gasteiger partial charge < -0.3 is 14.7 Å². The Bertz CT molecular complexity index is 777. The largest absolute Gasteiger partial charge is 0.356 e. The fourth-order valence-electron chi connectivity index (χ4n) is 3.82. The molecule has 3 heterocycles. The fourth-order valence-corrected chi connectivity index (χ4v) is 3.82. The number of hydrogen-bond donors (Lipinski definition) is 0. The van der Waals surface area contributed by atoms with Crippen molar-refractivity contribution in [1.29, 1.82) is 0 Å². The Labute approximate surface area is 160 Å². The van der Waals surface area contributed by atoms with Gasteiger partial charge >= 0.3 is 0 Å². The van der Waals surface area contributed by atoms with Crippen molar-refractivity contribution in [1.82, 2.24) is 14.9 Å². The Kier molecular flexibility index (Phi) is 5.23. The van der Waals surface area contributed by atoms with Gasteiger partial charge in [0.25, 0.3) is 5.91 Å². The number of carbonyl (C=O) groups is 1. The number of benzene rings is 1. The van der Waals surface area contributed by atoms with Crippen LogP contribution in [0.5, 0.6) is 0 Å². The van der Waals surface area contributed by atoms with Crippen molar-refractivity contribution in [2.75, 3.05) is 49.1 Å². The summed E-state index contributed by atoms with van der Waals surface area (Å²) in [6.45, 7) is 7.23. The van der Waals surface area contributed by atoms with Crippen molar-refractivity contribution in [3.05, 3.63) is 47.8 Å². The third-order valence-corrected chi connectivity index (χ3v) is 5.51. The zero-order valence-electron chi connectivity index (χ0n) is 16.0. The monoisotopic (exact) mass is 365 g/mol. The second-order valence-electron chi connectivity index (χ2n) is 7.43. The van der Waals surface area contributed by atoms with Crippen LogP contribution in [0.15, 0.2) is 36.7 Å². The molecule has 0 aliphatic carbocycles. The lowest BCUT2D eigenvalue weighted by molar-refractivity contribution is 0.0746. The highest BCUT2D eigenvalue weighted by atomic mass is 16.2. The molecule has 0 bridgehead atoms. The molecule has 4 rings (SSSR count). The highest BCUT2D eigenvalue weighted by Gasteiger charge is 2.23. The predicted molar refractivity (Wildman–Crippen MR) is 107 cm³/mol. The lowest BCUT2D eigenvalue weighted by Gasteiger charge is -2.36. The van der Waals surface area contributed by atoms with E-state index in [1.807, 2.05) is 36.1 Å². The lowest BCUT2D eigenvalue weighted by atomic mass is 10.1. The second kappa shape index (κ2) is 7.94. The van der Waals surface area contributed by atoms with Crippen LogP contribution in [-0.2, 0) is 0 Å². The Hall–Kier alpha value is -2.63. The average molecular weight is 365 g/mol. The Morgan fingerprint density at radius 3 is 2.04 bits per heavy atom. The quantitative estimate of drug-likeness (QED) is 0.837. The van der Waals surface area contributed by atoms with Crippen LogP contribution in [0.25, 0.3) is 0 Å². The number of rotatable bonds is 3. The SMILES string of the molecule is Cc1ccc(C(=O)N2CCN(c3cc(N4CCCCC4)ncn3)CC2)cc1. The summed E-state index contributed by atoms with van der Waals surface area (Å²) < 4.78 is 0. The molecule has 2 fully saturated rings. The van der Waals surface area contributed by atoms with Crippen LogP contribution in [0, 0.1) is 6.92 Å². The first-order valence-electron chi connectivity index (χ1n) is 9.88. The van der Waals surface area contributed by atoms with E-state index in [2.05, 4.69) is 25.8 Å². The number of piperazine rings is 1. The number of aromatic nitrogens is 2. The van der Waals surface area contributed by atoms with E-state index < -0.39 is 0 Å². The minimum Gasteiger partial charge on any atom is -0.356 e. The van der Waals surface area contributed by atoms with Gasteiger partial charge in [0.2, 0.25) is 0 Å². The first-order chi connectivity index (χ1) is 13.2. The molecule has 2 aromatic rings. The summed E-state index contributed by atoms with van der Waals surface area (Å²) in [7, 11) is 0. The van der Waals surface area contributed by atoms with Gasteiger partial charge in [-0.05, 0) is 38.3 Å². The number of piperidine rings is 1. The Balaban J connectivity index is 1.39. The van der Waals surface area contributed by atoms with E-state index in [1.54, 1.807) is 6.33 Å². The zero-order valence-corrected chi connectivity index (χ0v) is 16.0. The van der Waals surface area contributed by atoms with Crippen LogP contribution in [-0.4, -0.2) is 60.0 Å². The van der Waals surface area contributed by atoms with Crippen molar-refractivity contribution in [2.45, 2.75) is 26.2 Å². The number of carbonyl (C=O) groups excluding carboxylic acids is 1. The molecule has 0 saturated carbocycles. The molecule has 6 nitrogen and oxygen atoms in total. The smallest absolute Gasteiger partial charge is 0.253 e. The van der Waals surface area contributed by atoms with E-state index in [4.69, 9.17) is 0 Å². The molecule has 6 heteroatoms. The molecule has 1 amide bonds. The van der Waals surface area contributed by atoms with Gasteiger partial charge in [-0.2, -0.15) is 0 Å². The van der Waals surface area contributed by atoms with E-state index in [0.29, 0.717) is 0 Å². The van der Waals surface area contributed by atoms with Crippen LogP contribution in [0.1, 0.15) is 35.2 Å². The van der Waals surface area contributed by atoms with Crippen molar-refractivity contribution in [3.8, 4) is 0 Å². The number of anilines is 2. The number of aryl methyl sites for hydroxylation is 1. The van der Waals surface area contributed by atoms with E-state index in [-0.39, 0.29) is 5.91 Å². The molecule has 27 heavy (non-hydrogen) atoms. The first-order valence-corrected chi connectivity index (χ1v) is 9.88. The standard InChI is InChI=1S/C21H27N5O/c1-17-5-7-18(8-6-17)21(27)26-13-11-25(12-14-26)20-15-19(22-16-23-20)24-9-3-2-4-10-24/h5-8,15-16H,2-4,9-14H2,1H3. The first kappa shape index (κ1) is 17.8. The molecule has 1 aromatic heterocycles. The van der Waals surface area contributed by atoms with Crippen LogP contribution in [0.3, 0.4) is 0 Å². The van der Waals surface area contributed by atoms with Gasteiger partial charge in [-0.3, -0.25) is 4.79 Å².